The van der Waals surface area contributed by atoms with Crippen LogP contribution in [-0.2, 0) is 4.74 Å². The van der Waals surface area contributed by atoms with Gasteiger partial charge in [0.2, 0.25) is 0 Å². The van der Waals surface area contributed by atoms with E-state index in [2.05, 4.69) is 30.9 Å². The lowest BCUT2D eigenvalue weighted by Gasteiger charge is -1.88. The maximum Gasteiger partial charge on any atom is 0.0700 e. The molecule has 0 atom stereocenters. The molecular weight excluding hydrogens is 100 g/mol. The molecule has 0 rings (SSSR count). The van der Waals surface area contributed by atoms with Gasteiger partial charge in [-0.05, 0) is 12.8 Å². The lowest BCUT2D eigenvalue weighted by molar-refractivity contribution is 0.248. The van der Waals surface area contributed by atoms with Crippen molar-refractivity contribution in [2.45, 2.75) is 19.8 Å². The van der Waals surface area contributed by atoms with Crippen LogP contribution in [0.5, 0.6) is 0 Å². The maximum atomic E-state index is 4.59. The van der Waals surface area contributed by atoms with E-state index in [-0.39, 0.29) is 0 Å². The Morgan fingerprint density at radius 1 is 1.50 bits per heavy atom. The van der Waals surface area contributed by atoms with Crippen LogP contribution in [0.2, 0.25) is 0 Å². The number of allylic oxidation sites excluding steroid dienone is 1. The molecule has 0 heterocycles. The van der Waals surface area contributed by atoms with Gasteiger partial charge in [-0.2, -0.15) is 0 Å². The zero-order valence-corrected chi connectivity index (χ0v) is 5.39. The van der Waals surface area contributed by atoms with Crippen molar-refractivity contribution in [3.05, 3.63) is 19.3 Å². The summed E-state index contributed by atoms with van der Waals surface area (Å²) in [7, 11) is 3.25. The number of ether oxygens (including phenoxy) is 1. The molecule has 0 bridgehead atoms. The highest BCUT2D eigenvalue weighted by molar-refractivity contribution is 4.79. The normalized spacial score (nSPS) is 10.8. The van der Waals surface area contributed by atoms with Gasteiger partial charge in [-0.3, -0.25) is 0 Å². The molecule has 47 valence electrons. The lowest BCUT2D eigenvalue weighted by atomic mass is 10.3. The average molecular weight is 113 g/mol. The van der Waals surface area contributed by atoms with E-state index in [0.29, 0.717) is 0 Å². The van der Waals surface area contributed by atoms with E-state index in [4.69, 9.17) is 0 Å². The van der Waals surface area contributed by atoms with Crippen LogP contribution in [0.3, 0.4) is 0 Å². The molecule has 0 aliphatic rings. The first kappa shape index (κ1) is 7.70. The van der Waals surface area contributed by atoms with Crippen LogP contribution in [-0.4, -0.2) is 6.61 Å². The maximum absolute atomic E-state index is 4.59. The highest BCUT2D eigenvalue weighted by Gasteiger charge is 1.74. The third-order valence-corrected chi connectivity index (χ3v) is 0.831. The van der Waals surface area contributed by atoms with Crippen LogP contribution in [0.1, 0.15) is 19.8 Å². The minimum absolute atomic E-state index is 0.733. The Morgan fingerprint density at radius 3 is 2.75 bits per heavy atom. The van der Waals surface area contributed by atoms with Crippen LogP contribution in [0, 0.1) is 7.11 Å². The first-order valence-corrected chi connectivity index (χ1v) is 2.93. The molecule has 0 aliphatic heterocycles. The zero-order valence-electron chi connectivity index (χ0n) is 5.39. The average Bonchev–Trinajstić information content (AvgIpc) is 1.81. The molecule has 1 heteroatoms. The highest BCUT2D eigenvalue weighted by Crippen LogP contribution is 1.85. The standard InChI is InChI=1S/C7H13O/c1-3-4-5-6-7-8-2/h4-5H,2-3,6-7H2,1H3/b5-4+. The Kier molecular flexibility index (Phi) is 6.45. The highest BCUT2D eigenvalue weighted by atomic mass is 16.5. The molecule has 0 aromatic rings. The van der Waals surface area contributed by atoms with Gasteiger partial charge < -0.3 is 4.74 Å². The molecule has 0 N–H and O–H groups in total. The fourth-order valence-electron chi connectivity index (χ4n) is 0.436. The molecule has 0 fully saturated rings. The van der Waals surface area contributed by atoms with Gasteiger partial charge in [0, 0.05) is 0 Å². The molecule has 0 saturated carbocycles. The summed E-state index contributed by atoms with van der Waals surface area (Å²) in [4.78, 5) is 0. The van der Waals surface area contributed by atoms with E-state index in [1.54, 1.807) is 0 Å². The van der Waals surface area contributed by atoms with Gasteiger partial charge in [0.1, 0.15) is 0 Å². The van der Waals surface area contributed by atoms with Crippen LogP contribution in [0.15, 0.2) is 12.2 Å². The molecule has 0 unspecified atom stereocenters. The van der Waals surface area contributed by atoms with Crippen LogP contribution < -0.4 is 0 Å². The van der Waals surface area contributed by atoms with Gasteiger partial charge in [-0.15, -0.1) is 0 Å². The number of hydrogen-bond donors (Lipinski definition) is 0. The van der Waals surface area contributed by atoms with Gasteiger partial charge in [-0.25, -0.2) is 0 Å². The summed E-state index contributed by atoms with van der Waals surface area (Å²) >= 11 is 0. The Bertz CT molecular complexity index is 57.4. The molecule has 0 aliphatic carbocycles. The third-order valence-electron chi connectivity index (χ3n) is 0.831. The first-order chi connectivity index (χ1) is 3.91. The Balaban J connectivity index is 2.80. The topological polar surface area (TPSA) is 9.23 Å². The first-order valence-electron chi connectivity index (χ1n) is 2.93. The van der Waals surface area contributed by atoms with Crippen molar-refractivity contribution in [3.63, 3.8) is 0 Å². The van der Waals surface area contributed by atoms with E-state index in [9.17, 15) is 0 Å². The molecule has 0 aromatic carbocycles. The van der Waals surface area contributed by atoms with Crippen molar-refractivity contribution in [1.29, 1.82) is 0 Å². The molecule has 1 radical (unpaired) electrons. The largest absolute Gasteiger partial charge is 0.379 e. The van der Waals surface area contributed by atoms with E-state index >= 15 is 0 Å². The molecular formula is C7H13O. The van der Waals surface area contributed by atoms with Crippen molar-refractivity contribution in [1.82, 2.24) is 0 Å². The van der Waals surface area contributed by atoms with Crippen LogP contribution in [0.25, 0.3) is 0 Å². The molecule has 8 heavy (non-hydrogen) atoms. The van der Waals surface area contributed by atoms with E-state index in [0.717, 1.165) is 19.4 Å². The zero-order chi connectivity index (χ0) is 6.24. The summed E-state index contributed by atoms with van der Waals surface area (Å²) in [5.74, 6) is 0. The van der Waals surface area contributed by atoms with Gasteiger partial charge in [0.15, 0.2) is 0 Å². The van der Waals surface area contributed by atoms with Crippen molar-refractivity contribution in [2.75, 3.05) is 6.61 Å². The van der Waals surface area contributed by atoms with Crippen molar-refractivity contribution >= 4 is 0 Å². The molecule has 0 spiro atoms. The Morgan fingerprint density at radius 2 is 2.25 bits per heavy atom. The molecule has 1 nitrogen and oxygen atoms in total. The van der Waals surface area contributed by atoms with Gasteiger partial charge >= 0.3 is 0 Å². The smallest absolute Gasteiger partial charge is 0.0700 e. The van der Waals surface area contributed by atoms with E-state index in [1.807, 2.05) is 0 Å². The van der Waals surface area contributed by atoms with Gasteiger partial charge in [0.05, 0.1) is 13.7 Å². The van der Waals surface area contributed by atoms with E-state index < -0.39 is 0 Å². The van der Waals surface area contributed by atoms with Crippen molar-refractivity contribution < 1.29 is 4.74 Å². The summed E-state index contributed by atoms with van der Waals surface area (Å²) in [5, 5.41) is 0. The quantitative estimate of drug-likeness (QED) is 0.401. The number of hydrogen-bond acceptors (Lipinski definition) is 1. The summed E-state index contributed by atoms with van der Waals surface area (Å²) in [6.07, 6.45) is 6.32. The number of rotatable bonds is 4. The Labute approximate surface area is 51.4 Å². The van der Waals surface area contributed by atoms with Gasteiger partial charge in [0.25, 0.3) is 0 Å². The summed E-state index contributed by atoms with van der Waals surface area (Å²) in [6, 6.07) is 0. The fraction of sp³-hybridized carbons (Fsp3) is 0.571. The predicted molar refractivity (Wildman–Crippen MR) is 35.4 cm³/mol. The minimum Gasteiger partial charge on any atom is -0.379 e. The molecule has 0 aromatic heterocycles. The lowest BCUT2D eigenvalue weighted by Crippen LogP contribution is -1.80. The van der Waals surface area contributed by atoms with Crippen molar-refractivity contribution in [2.24, 2.45) is 0 Å². The molecule has 0 amide bonds. The second-order valence-corrected chi connectivity index (χ2v) is 1.58. The Hall–Kier alpha value is -0.300. The second kappa shape index (κ2) is 6.70. The summed E-state index contributed by atoms with van der Waals surface area (Å²) < 4.78 is 4.59. The van der Waals surface area contributed by atoms with Gasteiger partial charge in [-0.1, -0.05) is 19.1 Å². The third kappa shape index (κ3) is 5.70. The second-order valence-electron chi connectivity index (χ2n) is 1.58. The summed E-state index contributed by atoms with van der Waals surface area (Å²) in [6.45, 7) is 2.85. The minimum atomic E-state index is 0.733. The monoisotopic (exact) mass is 113 g/mol. The van der Waals surface area contributed by atoms with Crippen molar-refractivity contribution in [3.8, 4) is 0 Å². The predicted octanol–water partition coefficient (Wildman–Crippen LogP) is 2.15. The SMILES string of the molecule is [CH2]OCC/C=C/CC. The van der Waals surface area contributed by atoms with Crippen LogP contribution >= 0.6 is 0 Å². The van der Waals surface area contributed by atoms with E-state index in [1.165, 1.54) is 0 Å². The van der Waals surface area contributed by atoms with Crippen LogP contribution in [0.4, 0.5) is 0 Å². The fourth-order valence-corrected chi connectivity index (χ4v) is 0.436. The summed E-state index contributed by atoms with van der Waals surface area (Å²) in [5.41, 5.74) is 0. The molecule has 0 saturated heterocycles.